The van der Waals surface area contributed by atoms with E-state index in [9.17, 15) is 4.39 Å². The van der Waals surface area contributed by atoms with Gasteiger partial charge in [0.2, 0.25) is 0 Å². The molecule has 0 saturated heterocycles. The van der Waals surface area contributed by atoms with E-state index in [4.69, 9.17) is 16.3 Å². The third kappa shape index (κ3) is 4.34. The molecule has 1 atom stereocenters. The van der Waals surface area contributed by atoms with Crippen molar-refractivity contribution in [3.05, 3.63) is 46.8 Å². The first-order valence-electron chi connectivity index (χ1n) is 7.23. The van der Waals surface area contributed by atoms with Crippen LogP contribution in [0.25, 0.3) is 0 Å². The molecule has 0 saturated carbocycles. The third-order valence-electron chi connectivity index (χ3n) is 3.41. The second-order valence-electron chi connectivity index (χ2n) is 5.25. The van der Waals surface area contributed by atoms with Gasteiger partial charge in [-0.2, -0.15) is 0 Å². The Morgan fingerprint density at radius 3 is 2.95 bits per heavy atom. The van der Waals surface area contributed by atoms with E-state index in [0.717, 1.165) is 12.1 Å². The fourth-order valence-electron chi connectivity index (χ4n) is 1.97. The number of aryl methyl sites for hydroxylation is 1. The average molecular weight is 323 g/mol. The van der Waals surface area contributed by atoms with Gasteiger partial charge in [-0.1, -0.05) is 17.7 Å². The van der Waals surface area contributed by atoms with Gasteiger partial charge in [0.25, 0.3) is 0 Å². The van der Waals surface area contributed by atoms with E-state index in [1.807, 2.05) is 37.9 Å². The van der Waals surface area contributed by atoms with Gasteiger partial charge in [-0.25, -0.2) is 9.38 Å². The Labute approximate surface area is 135 Å². The van der Waals surface area contributed by atoms with Crippen LogP contribution in [0.15, 0.2) is 41.2 Å². The normalized spacial score (nSPS) is 17.7. The topological polar surface area (TPSA) is 24.8 Å². The van der Waals surface area contributed by atoms with Crippen LogP contribution in [0.5, 0.6) is 5.75 Å². The molecule has 5 heteroatoms. The fraction of sp³-hybridized carbons (Fsp3) is 0.353. The summed E-state index contributed by atoms with van der Waals surface area (Å²) in [4.78, 5) is 6.32. The quantitative estimate of drug-likeness (QED) is 0.573. The summed E-state index contributed by atoms with van der Waals surface area (Å²) in [5.41, 5.74) is 1.61. The molecule has 0 bridgehead atoms. The summed E-state index contributed by atoms with van der Waals surface area (Å²) in [6.07, 6.45) is 6.63. The standard InChI is InChI=1S/C17H20ClFN2O/c1-4-21(3)11-20-16-8-12(2)17(10-15(16)18)22-14-7-5-6-13(19)9-14/h5-8,10-11,14H,4,9H2,1-3H3/t14-/m1/s1. The second-order valence-corrected chi connectivity index (χ2v) is 5.65. The van der Waals surface area contributed by atoms with Crippen molar-refractivity contribution in [2.45, 2.75) is 26.4 Å². The smallest absolute Gasteiger partial charge is 0.124 e. The molecule has 0 spiro atoms. The number of benzene rings is 1. The largest absolute Gasteiger partial charge is 0.486 e. The summed E-state index contributed by atoms with van der Waals surface area (Å²) in [5, 5.41) is 0.511. The van der Waals surface area contributed by atoms with Crippen molar-refractivity contribution in [2.24, 2.45) is 4.99 Å². The lowest BCUT2D eigenvalue weighted by Crippen LogP contribution is -2.16. The summed E-state index contributed by atoms with van der Waals surface area (Å²) >= 11 is 6.26. The zero-order valence-corrected chi connectivity index (χ0v) is 13.8. The van der Waals surface area contributed by atoms with Crippen molar-refractivity contribution >= 4 is 23.6 Å². The number of aliphatic imine (C=N–C) groups is 1. The van der Waals surface area contributed by atoms with Crippen molar-refractivity contribution in [3.8, 4) is 5.75 Å². The zero-order chi connectivity index (χ0) is 16.1. The van der Waals surface area contributed by atoms with Gasteiger partial charge in [0.05, 0.1) is 17.0 Å². The van der Waals surface area contributed by atoms with Crippen LogP contribution in [-0.2, 0) is 0 Å². The molecular weight excluding hydrogens is 303 g/mol. The van der Waals surface area contributed by atoms with Crippen LogP contribution in [0.3, 0.4) is 0 Å². The Bertz CT molecular complexity index is 625. The molecule has 22 heavy (non-hydrogen) atoms. The molecule has 1 aliphatic rings. The number of ether oxygens (including phenoxy) is 1. The van der Waals surface area contributed by atoms with Crippen LogP contribution in [0.2, 0.25) is 5.02 Å². The molecule has 0 aromatic heterocycles. The van der Waals surface area contributed by atoms with E-state index in [0.29, 0.717) is 16.5 Å². The number of halogens is 2. The molecule has 3 nitrogen and oxygen atoms in total. The van der Waals surface area contributed by atoms with Gasteiger partial charge in [0.1, 0.15) is 17.7 Å². The Balaban J connectivity index is 2.14. The molecule has 1 aromatic rings. The van der Waals surface area contributed by atoms with Crippen LogP contribution in [0, 0.1) is 6.92 Å². The molecular formula is C17H20ClFN2O. The van der Waals surface area contributed by atoms with E-state index >= 15 is 0 Å². The summed E-state index contributed by atoms with van der Waals surface area (Å²) < 4.78 is 19.1. The number of rotatable bonds is 5. The predicted octanol–water partition coefficient (Wildman–Crippen LogP) is 4.82. The monoisotopic (exact) mass is 322 g/mol. The Kier molecular flexibility index (Phi) is 5.61. The lowest BCUT2D eigenvalue weighted by molar-refractivity contribution is 0.236. The van der Waals surface area contributed by atoms with Gasteiger partial charge in [-0.3, -0.25) is 0 Å². The van der Waals surface area contributed by atoms with Crippen molar-refractivity contribution in [2.75, 3.05) is 13.6 Å². The maximum absolute atomic E-state index is 13.3. The van der Waals surface area contributed by atoms with Crippen LogP contribution in [-0.4, -0.2) is 30.9 Å². The van der Waals surface area contributed by atoms with E-state index in [2.05, 4.69) is 4.99 Å². The molecule has 0 fully saturated rings. The summed E-state index contributed by atoms with van der Waals surface area (Å²) in [5.74, 6) is 0.470. The van der Waals surface area contributed by atoms with Gasteiger partial charge in [0, 0.05) is 26.1 Å². The highest BCUT2D eigenvalue weighted by atomic mass is 35.5. The molecule has 0 N–H and O–H groups in total. The summed E-state index contributed by atoms with van der Waals surface area (Å²) in [6.45, 7) is 4.84. The maximum Gasteiger partial charge on any atom is 0.124 e. The molecule has 1 aliphatic carbocycles. The molecule has 118 valence electrons. The molecule has 0 aliphatic heterocycles. The highest BCUT2D eigenvalue weighted by molar-refractivity contribution is 6.33. The third-order valence-corrected chi connectivity index (χ3v) is 3.72. The highest BCUT2D eigenvalue weighted by Gasteiger charge is 2.15. The second kappa shape index (κ2) is 7.45. The van der Waals surface area contributed by atoms with Gasteiger partial charge in [-0.15, -0.1) is 0 Å². The fourth-order valence-corrected chi connectivity index (χ4v) is 2.17. The van der Waals surface area contributed by atoms with Crippen molar-refractivity contribution < 1.29 is 9.13 Å². The highest BCUT2D eigenvalue weighted by Crippen LogP contribution is 2.33. The first-order chi connectivity index (χ1) is 10.5. The Hall–Kier alpha value is -1.81. The number of allylic oxidation sites excluding steroid dienone is 2. The Morgan fingerprint density at radius 1 is 1.50 bits per heavy atom. The van der Waals surface area contributed by atoms with Crippen molar-refractivity contribution in [1.29, 1.82) is 0 Å². The predicted molar refractivity (Wildman–Crippen MR) is 90.0 cm³/mol. The van der Waals surface area contributed by atoms with Crippen LogP contribution < -0.4 is 4.74 Å². The molecule has 1 aromatic carbocycles. The molecule has 0 radical (unpaired) electrons. The van der Waals surface area contributed by atoms with Crippen LogP contribution in [0.4, 0.5) is 10.1 Å². The zero-order valence-electron chi connectivity index (χ0n) is 13.0. The molecule has 0 unspecified atom stereocenters. The van der Waals surface area contributed by atoms with Gasteiger partial charge < -0.3 is 9.64 Å². The molecule has 0 heterocycles. The van der Waals surface area contributed by atoms with Gasteiger partial charge in [0.15, 0.2) is 0 Å². The van der Waals surface area contributed by atoms with E-state index in [1.54, 1.807) is 18.5 Å². The summed E-state index contributed by atoms with van der Waals surface area (Å²) in [7, 11) is 1.94. The van der Waals surface area contributed by atoms with E-state index < -0.39 is 0 Å². The minimum atomic E-state index is -0.305. The SMILES string of the molecule is CCN(C)C=Nc1cc(C)c(O[C@@H]2C=CC=C(F)C2)cc1Cl. The van der Waals surface area contributed by atoms with Crippen LogP contribution >= 0.6 is 11.6 Å². The number of hydrogen-bond donors (Lipinski definition) is 0. The lowest BCUT2D eigenvalue weighted by Gasteiger charge is -2.19. The summed E-state index contributed by atoms with van der Waals surface area (Å²) in [6, 6.07) is 3.61. The van der Waals surface area contributed by atoms with E-state index in [-0.39, 0.29) is 18.4 Å². The molecule has 0 amide bonds. The van der Waals surface area contributed by atoms with E-state index in [1.165, 1.54) is 6.08 Å². The average Bonchev–Trinajstić information content (AvgIpc) is 2.49. The minimum absolute atomic E-state index is 0.180. The minimum Gasteiger partial charge on any atom is -0.486 e. The van der Waals surface area contributed by atoms with Gasteiger partial charge in [-0.05, 0) is 37.6 Å². The van der Waals surface area contributed by atoms with Crippen LogP contribution in [0.1, 0.15) is 18.9 Å². The van der Waals surface area contributed by atoms with Gasteiger partial charge >= 0.3 is 0 Å². The first kappa shape index (κ1) is 16.6. The Morgan fingerprint density at radius 2 is 2.27 bits per heavy atom. The number of nitrogens with zero attached hydrogens (tertiary/aromatic N) is 2. The van der Waals surface area contributed by atoms with Crippen molar-refractivity contribution in [1.82, 2.24) is 4.90 Å². The lowest BCUT2D eigenvalue weighted by atomic mass is 10.1. The first-order valence-corrected chi connectivity index (χ1v) is 7.61. The number of hydrogen-bond acceptors (Lipinski definition) is 2. The van der Waals surface area contributed by atoms with Crippen molar-refractivity contribution in [3.63, 3.8) is 0 Å². The maximum atomic E-state index is 13.3. The molecule has 2 rings (SSSR count).